The predicted molar refractivity (Wildman–Crippen MR) is 94.3 cm³/mol. The van der Waals surface area contributed by atoms with Crippen LogP contribution >= 0.6 is 0 Å². The highest BCUT2D eigenvalue weighted by Gasteiger charge is 2.41. The molecule has 2 N–H and O–H groups in total. The lowest BCUT2D eigenvalue weighted by atomic mass is 10.1. The Morgan fingerprint density at radius 3 is 2.65 bits per heavy atom. The highest BCUT2D eigenvalue weighted by Crippen LogP contribution is 2.30. The van der Waals surface area contributed by atoms with Gasteiger partial charge in [0, 0.05) is 6.54 Å². The first-order chi connectivity index (χ1) is 12.2. The molecule has 0 spiro atoms. The largest absolute Gasteiger partial charge is 0.477 e. The van der Waals surface area contributed by atoms with E-state index in [-0.39, 0.29) is 36.1 Å². The van der Waals surface area contributed by atoms with E-state index in [0.717, 1.165) is 0 Å². The molecule has 1 aliphatic heterocycles. The molecule has 0 saturated carbocycles. The number of carboxylic acid groups (broad SMARTS) is 1. The summed E-state index contributed by atoms with van der Waals surface area (Å²) in [5.74, 6) is -1.49. The lowest BCUT2D eigenvalue weighted by Crippen LogP contribution is -2.47. The summed E-state index contributed by atoms with van der Waals surface area (Å²) in [7, 11) is 1.75. The normalized spacial score (nSPS) is 20.1. The quantitative estimate of drug-likeness (QED) is 0.719. The molecular weight excluding hydrogens is 340 g/mol. The van der Waals surface area contributed by atoms with Gasteiger partial charge in [0.25, 0.3) is 0 Å². The molecule has 0 radical (unpaired) electrons. The second kappa shape index (κ2) is 7.86. The second-order valence-corrected chi connectivity index (χ2v) is 6.98. The highest BCUT2D eigenvalue weighted by molar-refractivity contribution is 5.90. The van der Waals surface area contributed by atoms with Crippen molar-refractivity contribution < 1.29 is 24.2 Å². The SMILES string of the molecule is CCOc1nc(N2CC[C@@H](C(=O)OC(C)(C)C)C2NC)ncc1C(=O)O. The summed E-state index contributed by atoms with van der Waals surface area (Å²) >= 11 is 0. The number of carboxylic acids is 1. The van der Waals surface area contributed by atoms with Gasteiger partial charge in [-0.3, -0.25) is 10.1 Å². The summed E-state index contributed by atoms with van der Waals surface area (Å²) < 4.78 is 10.8. The molecule has 1 saturated heterocycles. The van der Waals surface area contributed by atoms with E-state index in [1.165, 1.54) is 6.20 Å². The fraction of sp³-hybridized carbons (Fsp3) is 0.647. The zero-order valence-corrected chi connectivity index (χ0v) is 15.8. The first kappa shape index (κ1) is 19.9. The number of hydrogen-bond donors (Lipinski definition) is 2. The molecule has 1 aromatic rings. The van der Waals surface area contributed by atoms with Crippen molar-refractivity contribution >= 4 is 17.9 Å². The summed E-state index contributed by atoms with van der Waals surface area (Å²) in [6, 6.07) is 0. The number of anilines is 1. The fourth-order valence-corrected chi connectivity index (χ4v) is 2.89. The van der Waals surface area contributed by atoms with Crippen molar-refractivity contribution in [2.24, 2.45) is 5.92 Å². The first-order valence-corrected chi connectivity index (χ1v) is 8.57. The third kappa shape index (κ3) is 4.40. The molecule has 9 nitrogen and oxygen atoms in total. The van der Waals surface area contributed by atoms with E-state index < -0.39 is 11.6 Å². The Bertz CT molecular complexity index is 674. The van der Waals surface area contributed by atoms with Gasteiger partial charge < -0.3 is 19.5 Å². The highest BCUT2D eigenvalue weighted by atomic mass is 16.6. The second-order valence-electron chi connectivity index (χ2n) is 6.98. The minimum atomic E-state index is -1.15. The van der Waals surface area contributed by atoms with Crippen LogP contribution in [0.1, 0.15) is 44.5 Å². The lowest BCUT2D eigenvalue weighted by Gasteiger charge is -2.29. The average Bonchev–Trinajstić information content (AvgIpc) is 2.97. The van der Waals surface area contributed by atoms with Crippen molar-refractivity contribution in [3.8, 4) is 5.88 Å². The molecule has 26 heavy (non-hydrogen) atoms. The monoisotopic (exact) mass is 366 g/mol. The van der Waals surface area contributed by atoms with Gasteiger partial charge in [-0.05, 0) is 41.2 Å². The number of esters is 1. The molecule has 2 heterocycles. The van der Waals surface area contributed by atoms with Crippen LogP contribution in [-0.2, 0) is 9.53 Å². The Labute approximate surface area is 152 Å². The molecule has 144 valence electrons. The number of rotatable bonds is 6. The van der Waals surface area contributed by atoms with E-state index in [0.29, 0.717) is 18.9 Å². The van der Waals surface area contributed by atoms with Crippen LogP contribution in [0.4, 0.5) is 5.95 Å². The van der Waals surface area contributed by atoms with Crippen LogP contribution in [-0.4, -0.2) is 59.0 Å². The maximum Gasteiger partial charge on any atom is 0.342 e. The molecule has 9 heteroatoms. The smallest absolute Gasteiger partial charge is 0.342 e. The van der Waals surface area contributed by atoms with Gasteiger partial charge >= 0.3 is 11.9 Å². The van der Waals surface area contributed by atoms with E-state index in [1.54, 1.807) is 14.0 Å². The summed E-state index contributed by atoms with van der Waals surface area (Å²) in [5, 5.41) is 12.3. The summed E-state index contributed by atoms with van der Waals surface area (Å²) in [6.45, 7) is 8.05. The van der Waals surface area contributed by atoms with Crippen molar-refractivity contribution in [1.29, 1.82) is 0 Å². The van der Waals surface area contributed by atoms with Crippen LogP contribution in [0, 0.1) is 5.92 Å². The average molecular weight is 366 g/mol. The molecule has 1 fully saturated rings. The van der Waals surface area contributed by atoms with Gasteiger partial charge in [0.05, 0.1) is 24.9 Å². The molecule has 1 aliphatic rings. The zero-order valence-electron chi connectivity index (χ0n) is 15.8. The van der Waals surface area contributed by atoms with Crippen LogP contribution in [0.25, 0.3) is 0 Å². The number of hydrogen-bond acceptors (Lipinski definition) is 8. The van der Waals surface area contributed by atoms with Crippen molar-refractivity contribution in [3.05, 3.63) is 11.8 Å². The van der Waals surface area contributed by atoms with Gasteiger partial charge in [0.1, 0.15) is 11.2 Å². The number of ether oxygens (including phenoxy) is 2. The lowest BCUT2D eigenvalue weighted by molar-refractivity contribution is -0.160. The molecule has 1 aromatic heterocycles. The van der Waals surface area contributed by atoms with Gasteiger partial charge in [-0.2, -0.15) is 4.98 Å². The Hall–Kier alpha value is -2.42. The summed E-state index contributed by atoms with van der Waals surface area (Å²) in [6.07, 6.45) is 1.45. The van der Waals surface area contributed by atoms with Crippen molar-refractivity contribution in [2.75, 3.05) is 25.1 Å². The minimum absolute atomic E-state index is 0.0144. The minimum Gasteiger partial charge on any atom is -0.477 e. The van der Waals surface area contributed by atoms with Gasteiger partial charge in [0.15, 0.2) is 0 Å². The first-order valence-electron chi connectivity index (χ1n) is 8.57. The van der Waals surface area contributed by atoms with Crippen LogP contribution in [0.2, 0.25) is 0 Å². The number of nitrogens with one attached hydrogen (secondary N) is 1. The standard InChI is InChI=1S/C17H26N4O5/c1-6-25-13-11(14(22)23)9-19-16(20-13)21-8-7-10(12(21)18-5)15(24)26-17(2,3)4/h9-10,12,18H,6-8H2,1-5H3,(H,22,23)/t10-,12?/m1/s1. The van der Waals surface area contributed by atoms with E-state index in [2.05, 4.69) is 15.3 Å². The summed E-state index contributed by atoms with van der Waals surface area (Å²) in [4.78, 5) is 34.0. The van der Waals surface area contributed by atoms with E-state index in [1.807, 2.05) is 25.7 Å². The van der Waals surface area contributed by atoms with Crippen molar-refractivity contribution in [1.82, 2.24) is 15.3 Å². The molecule has 1 unspecified atom stereocenters. The topological polar surface area (TPSA) is 114 Å². The number of aromatic carboxylic acids is 1. The molecular formula is C17H26N4O5. The van der Waals surface area contributed by atoms with Crippen LogP contribution < -0.4 is 15.0 Å². The predicted octanol–water partition coefficient (Wildman–Crippen LogP) is 1.29. The Balaban J connectivity index is 2.27. The van der Waals surface area contributed by atoms with Gasteiger partial charge in [-0.25, -0.2) is 9.78 Å². The number of carbonyl (C=O) groups excluding carboxylic acids is 1. The van der Waals surface area contributed by atoms with Gasteiger partial charge in [-0.15, -0.1) is 0 Å². The van der Waals surface area contributed by atoms with Crippen LogP contribution in [0.3, 0.4) is 0 Å². The molecule has 0 amide bonds. The maximum absolute atomic E-state index is 12.5. The molecule has 0 aromatic carbocycles. The van der Waals surface area contributed by atoms with Gasteiger partial charge in [0.2, 0.25) is 11.8 Å². The van der Waals surface area contributed by atoms with E-state index >= 15 is 0 Å². The molecule has 2 atom stereocenters. The van der Waals surface area contributed by atoms with Crippen LogP contribution in [0.5, 0.6) is 5.88 Å². The Morgan fingerprint density at radius 1 is 1.42 bits per heavy atom. The molecule has 2 rings (SSSR count). The van der Waals surface area contributed by atoms with E-state index in [4.69, 9.17) is 9.47 Å². The van der Waals surface area contributed by atoms with Crippen molar-refractivity contribution in [3.63, 3.8) is 0 Å². The Morgan fingerprint density at radius 2 is 2.12 bits per heavy atom. The summed E-state index contributed by atoms with van der Waals surface area (Å²) in [5.41, 5.74) is -0.663. The Kier molecular flexibility index (Phi) is 6.01. The molecule has 0 bridgehead atoms. The third-order valence-electron chi connectivity index (χ3n) is 3.91. The fourth-order valence-electron chi connectivity index (χ4n) is 2.89. The third-order valence-corrected chi connectivity index (χ3v) is 3.91. The van der Waals surface area contributed by atoms with Crippen LogP contribution in [0.15, 0.2) is 6.20 Å². The maximum atomic E-state index is 12.5. The number of nitrogens with zero attached hydrogens (tertiary/aromatic N) is 3. The zero-order chi connectivity index (χ0) is 19.5. The van der Waals surface area contributed by atoms with Gasteiger partial charge in [-0.1, -0.05) is 0 Å². The van der Waals surface area contributed by atoms with E-state index in [9.17, 15) is 14.7 Å². The number of carbonyl (C=O) groups is 2. The molecule has 0 aliphatic carbocycles. The number of aromatic nitrogens is 2. The van der Waals surface area contributed by atoms with Crippen molar-refractivity contribution in [2.45, 2.75) is 45.9 Å².